The lowest BCUT2D eigenvalue weighted by atomic mass is 10.2. The van der Waals surface area contributed by atoms with E-state index < -0.39 is 5.91 Å². The van der Waals surface area contributed by atoms with Crippen molar-refractivity contribution in [3.63, 3.8) is 0 Å². The van der Waals surface area contributed by atoms with Crippen molar-refractivity contribution in [1.29, 1.82) is 5.26 Å². The van der Waals surface area contributed by atoms with Crippen molar-refractivity contribution in [3.05, 3.63) is 29.6 Å². The van der Waals surface area contributed by atoms with E-state index in [2.05, 4.69) is 16.8 Å². The largest absolute Gasteiger partial charge is 0.359 e. The van der Waals surface area contributed by atoms with Crippen LogP contribution in [0.5, 0.6) is 0 Å². The number of nitrogens with zero attached hydrogens (tertiary/aromatic N) is 2. The van der Waals surface area contributed by atoms with Crippen LogP contribution >= 0.6 is 0 Å². The first-order valence-corrected chi connectivity index (χ1v) is 3.39. The third kappa shape index (κ3) is 2.64. The molecule has 1 rings (SSSR count). The van der Waals surface area contributed by atoms with Gasteiger partial charge >= 0.3 is 0 Å². The molecule has 0 unspecified atom stereocenters. The second-order valence-corrected chi connectivity index (χ2v) is 2.19. The summed E-state index contributed by atoms with van der Waals surface area (Å²) in [6.07, 6.45) is 2.87. The molecule has 1 aromatic rings. The summed E-state index contributed by atoms with van der Waals surface area (Å²) < 4.78 is 0. The van der Waals surface area contributed by atoms with Crippen LogP contribution in [0.2, 0.25) is 0 Å². The van der Waals surface area contributed by atoms with Crippen LogP contribution in [0, 0.1) is 23.2 Å². The van der Waals surface area contributed by atoms with Gasteiger partial charge in [0.25, 0.3) is 5.91 Å². The van der Waals surface area contributed by atoms with E-state index in [9.17, 15) is 4.79 Å². The summed E-state index contributed by atoms with van der Waals surface area (Å²) in [5.74, 6) is 3.93. The SMILES string of the molecule is N#Cc1cncc(C#CC(N)=O)c1. The Labute approximate surface area is 75.0 Å². The molecule has 0 fully saturated rings. The molecule has 1 amide bonds. The molecule has 0 aliphatic carbocycles. The molecule has 0 aliphatic heterocycles. The van der Waals surface area contributed by atoms with E-state index in [1.807, 2.05) is 6.07 Å². The highest BCUT2D eigenvalue weighted by Crippen LogP contribution is 1.98. The molecule has 1 aromatic heterocycles. The van der Waals surface area contributed by atoms with Crippen molar-refractivity contribution in [2.24, 2.45) is 5.73 Å². The number of nitriles is 1. The minimum atomic E-state index is -0.706. The molecule has 4 nitrogen and oxygen atoms in total. The van der Waals surface area contributed by atoms with Crippen molar-refractivity contribution < 1.29 is 4.79 Å². The van der Waals surface area contributed by atoms with Crippen LogP contribution in [0.25, 0.3) is 0 Å². The van der Waals surface area contributed by atoms with E-state index in [1.165, 1.54) is 18.5 Å². The maximum absolute atomic E-state index is 10.3. The Bertz CT molecular complexity index is 434. The third-order valence-corrected chi connectivity index (χ3v) is 1.20. The van der Waals surface area contributed by atoms with E-state index in [4.69, 9.17) is 11.0 Å². The molecule has 0 saturated heterocycles. The quantitative estimate of drug-likeness (QED) is 0.548. The van der Waals surface area contributed by atoms with Gasteiger partial charge in [-0.05, 0) is 6.07 Å². The number of aromatic nitrogens is 1. The van der Waals surface area contributed by atoms with E-state index in [1.54, 1.807) is 0 Å². The molecule has 4 heteroatoms. The van der Waals surface area contributed by atoms with Crippen molar-refractivity contribution in [1.82, 2.24) is 4.98 Å². The molecule has 1 heterocycles. The van der Waals surface area contributed by atoms with Gasteiger partial charge in [0.15, 0.2) is 0 Å². The Morgan fingerprint density at radius 2 is 2.15 bits per heavy atom. The van der Waals surface area contributed by atoms with Gasteiger partial charge in [-0.3, -0.25) is 9.78 Å². The Morgan fingerprint density at radius 1 is 1.46 bits per heavy atom. The Hall–Kier alpha value is -2.33. The summed E-state index contributed by atoms with van der Waals surface area (Å²) in [6, 6.07) is 3.44. The van der Waals surface area contributed by atoms with Gasteiger partial charge in [-0.2, -0.15) is 5.26 Å². The smallest absolute Gasteiger partial charge is 0.293 e. The lowest BCUT2D eigenvalue weighted by Gasteiger charge is -1.88. The molecule has 62 valence electrons. The summed E-state index contributed by atoms with van der Waals surface area (Å²) in [5, 5.41) is 8.51. The summed E-state index contributed by atoms with van der Waals surface area (Å²) in [5.41, 5.74) is 5.71. The minimum Gasteiger partial charge on any atom is -0.359 e. The normalized spacial score (nSPS) is 7.92. The number of rotatable bonds is 0. The van der Waals surface area contributed by atoms with Crippen LogP contribution in [0.3, 0.4) is 0 Å². The molecule has 0 bridgehead atoms. The van der Waals surface area contributed by atoms with Gasteiger partial charge in [-0.15, -0.1) is 0 Å². The van der Waals surface area contributed by atoms with Crippen molar-refractivity contribution in [2.45, 2.75) is 0 Å². The number of primary amides is 1. The minimum absolute atomic E-state index is 0.399. The molecule has 13 heavy (non-hydrogen) atoms. The Balaban J connectivity index is 3.00. The van der Waals surface area contributed by atoms with Crippen LogP contribution in [0.4, 0.5) is 0 Å². The fourth-order valence-corrected chi connectivity index (χ4v) is 0.703. The van der Waals surface area contributed by atoms with Crippen LogP contribution in [-0.2, 0) is 4.79 Å². The van der Waals surface area contributed by atoms with E-state index >= 15 is 0 Å². The first kappa shape index (κ1) is 8.76. The Kier molecular flexibility index (Phi) is 2.62. The first-order valence-electron chi connectivity index (χ1n) is 3.39. The molecule has 2 N–H and O–H groups in total. The molecule has 0 aliphatic rings. The van der Waals surface area contributed by atoms with Gasteiger partial charge < -0.3 is 5.73 Å². The predicted octanol–water partition coefficient (Wildman–Crippen LogP) is -0.210. The third-order valence-electron chi connectivity index (χ3n) is 1.20. The number of amides is 1. The zero-order chi connectivity index (χ0) is 9.68. The molecule has 0 atom stereocenters. The molecule has 0 radical (unpaired) electrons. The number of hydrogen-bond acceptors (Lipinski definition) is 3. The molecule has 0 saturated carbocycles. The summed E-state index contributed by atoms with van der Waals surface area (Å²) in [6.45, 7) is 0. The van der Waals surface area contributed by atoms with Crippen LogP contribution < -0.4 is 5.73 Å². The number of hydrogen-bond donors (Lipinski definition) is 1. The van der Waals surface area contributed by atoms with Crippen LogP contribution in [-0.4, -0.2) is 10.9 Å². The second-order valence-electron chi connectivity index (χ2n) is 2.19. The van der Waals surface area contributed by atoms with Gasteiger partial charge in [-0.1, -0.05) is 5.92 Å². The molecular formula is C9H5N3O. The average molecular weight is 171 g/mol. The number of carbonyl (C=O) groups excluding carboxylic acids is 1. The van der Waals surface area contributed by atoms with Gasteiger partial charge in [-0.25, -0.2) is 0 Å². The average Bonchev–Trinajstić information content (AvgIpc) is 2.15. The fraction of sp³-hybridized carbons (Fsp3) is 0. The maximum Gasteiger partial charge on any atom is 0.293 e. The van der Waals surface area contributed by atoms with Gasteiger partial charge in [0.1, 0.15) is 6.07 Å². The lowest BCUT2D eigenvalue weighted by Crippen LogP contribution is -2.06. The monoisotopic (exact) mass is 171 g/mol. The lowest BCUT2D eigenvalue weighted by molar-refractivity contribution is -0.112. The number of pyridine rings is 1. The summed E-state index contributed by atoms with van der Waals surface area (Å²) in [7, 11) is 0. The van der Waals surface area contributed by atoms with E-state index in [0.717, 1.165) is 0 Å². The second kappa shape index (κ2) is 3.89. The standard InChI is InChI=1S/C9H5N3O/c10-4-8-3-7(5-12-6-8)1-2-9(11)13/h3,5-6H,(H2,11,13). The highest BCUT2D eigenvalue weighted by Gasteiger charge is 1.91. The van der Waals surface area contributed by atoms with Crippen LogP contribution in [0.15, 0.2) is 18.5 Å². The molecule has 0 spiro atoms. The zero-order valence-corrected chi connectivity index (χ0v) is 6.61. The number of nitrogens with two attached hydrogens (primary N) is 1. The van der Waals surface area contributed by atoms with Crippen molar-refractivity contribution >= 4 is 5.91 Å². The summed E-state index contributed by atoms with van der Waals surface area (Å²) >= 11 is 0. The van der Waals surface area contributed by atoms with Crippen molar-refractivity contribution in [2.75, 3.05) is 0 Å². The Morgan fingerprint density at radius 3 is 2.77 bits per heavy atom. The first-order chi connectivity index (χ1) is 6.22. The van der Waals surface area contributed by atoms with Gasteiger partial charge in [0, 0.05) is 23.9 Å². The maximum atomic E-state index is 10.3. The topological polar surface area (TPSA) is 79.8 Å². The van der Waals surface area contributed by atoms with Gasteiger partial charge in [0.05, 0.1) is 5.56 Å². The highest BCUT2D eigenvalue weighted by molar-refractivity contribution is 5.92. The fourth-order valence-electron chi connectivity index (χ4n) is 0.703. The van der Waals surface area contributed by atoms with E-state index in [0.29, 0.717) is 11.1 Å². The predicted molar refractivity (Wildman–Crippen MR) is 45.0 cm³/mol. The van der Waals surface area contributed by atoms with Gasteiger partial charge in [0.2, 0.25) is 0 Å². The molecule has 0 aromatic carbocycles. The number of carbonyl (C=O) groups is 1. The van der Waals surface area contributed by atoms with Crippen molar-refractivity contribution in [3.8, 4) is 17.9 Å². The molecular weight excluding hydrogens is 166 g/mol. The summed E-state index contributed by atoms with van der Waals surface area (Å²) in [4.78, 5) is 14.0. The zero-order valence-electron chi connectivity index (χ0n) is 6.61. The van der Waals surface area contributed by atoms with E-state index in [-0.39, 0.29) is 0 Å². The van der Waals surface area contributed by atoms with Crippen LogP contribution in [0.1, 0.15) is 11.1 Å². The highest BCUT2D eigenvalue weighted by atomic mass is 16.1.